The van der Waals surface area contributed by atoms with E-state index in [1.165, 1.54) is 12.1 Å². The molecule has 146 valence electrons. The van der Waals surface area contributed by atoms with Crippen LogP contribution in [0.5, 0.6) is 0 Å². The second kappa shape index (κ2) is 9.01. The highest BCUT2D eigenvalue weighted by atomic mass is 32.2. The molecule has 0 saturated carbocycles. The Morgan fingerprint density at radius 3 is 2.11 bits per heavy atom. The van der Waals surface area contributed by atoms with Crippen molar-refractivity contribution < 1.29 is 13.2 Å². The summed E-state index contributed by atoms with van der Waals surface area (Å²) in [6.45, 7) is 3.91. The van der Waals surface area contributed by atoms with Crippen LogP contribution in [0, 0.1) is 5.92 Å². The van der Waals surface area contributed by atoms with E-state index < -0.39 is 10.0 Å². The summed E-state index contributed by atoms with van der Waals surface area (Å²) in [6.07, 6.45) is 0.607. The third-order valence-electron chi connectivity index (χ3n) is 4.12. The molecule has 1 amide bonds. The van der Waals surface area contributed by atoms with Crippen LogP contribution in [0.3, 0.4) is 0 Å². The third kappa shape index (κ3) is 6.08. The lowest BCUT2D eigenvalue weighted by atomic mass is 10.1. The summed E-state index contributed by atoms with van der Waals surface area (Å²) < 4.78 is 27.4. The van der Waals surface area contributed by atoms with Gasteiger partial charge in [-0.1, -0.05) is 26.0 Å². The molecule has 0 fully saturated rings. The smallest absolute Gasteiger partial charge is 0.240 e. The van der Waals surface area contributed by atoms with Gasteiger partial charge in [-0.15, -0.1) is 0 Å². The molecule has 0 spiro atoms. The first-order chi connectivity index (χ1) is 12.7. The molecule has 2 rings (SSSR count). The molecule has 6 nitrogen and oxygen atoms in total. The summed E-state index contributed by atoms with van der Waals surface area (Å²) in [7, 11) is 0.365. The number of nitrogens with one attached hydrogen (secondary N) is 2. The molecular formula is C20H27N3O3S. The highest BCUT2D eigenvalue weighted by molar-refractivity contribution is 7.89. The van der Waals surface area contributed by atoms with E-state index in [0.717, 1.165) is 11.3 Å². The molecule has 0 heterocycles. The van der Waals surface area contributed by atoms with Gasteiger partial charge in [0.05, 0.1) is 4.90 Å². The number of carbonyl (C=O) groups excluding carboxylic acids is 1. The Balaban J connectivity index is 1.93. The lowest BCUT2D eigenvalue weighted by Gasteiger charge is -2.13. The fraction of sp³-hybridized carbons (Fsp3) is 0.350. The number of amides is 1. The van der Waals surface area contributed by atoms with Gasteiger partial charge in [-0.25, -0.2) is 13.1 Å². The topological polar surface area (TPSA) is 78.5 Å². The van der Waals surface area contributed by atoms with E-state index in [4.69, 9.17) is 0 Å². The predicted octanol–water partition coefficient (Wildman–Crippen LogP) is 2.87. The van der Waals surface area contributed by atoms with Gasteiger partial charge in [-0.05, 0) is 48.4 Å². The van der Waals surface area contributed by atoms with Crippen LogP contribution in [0.4, 0.5) is 11.4 Å². The number of hydrogen-bond acceptors (Lipinski definition) is 4. The van der Waals surface area contributed by atoms with Gasteiger partial charge in [0.1, 0.15) is 0 Å². The van der Waals surface area contributed by atoms with Crippen LogP contribution in [0.2, 0.25) is 0 Å². The van der Waals surface area contributed by atoms with E-state index in [9.17, 15) is 13.2 Å². The van der Waals surface area contributed by atoms with E-state index in [0.29, 0.717) is 18.7 Å². The number of hydrogen-bond donors (Lipinski definition) is 2. The van der Waals surface area contributed by atoms with Crippen LogP contribution in [0.25, 0.3) is 0 Å². The third-order valence-corrected chi connectivity index (χ3v) is 5.59. The number of benzene rings is 2. The Bertz CT molecular complexity index is 858. The lowest BCUT2D eigenvalue weighted by molar-refractivity contribution is -0.118. The van der Waals surface area contributed by atoms with Crippen LogP contribution in [-0.4, -0.2) is 35.0 Å². The molecule has 0 radical (unpaired) electrons. The van der Waals surface area contributed by atoms with Gasteiger partial charge < -0.3 is 10.2 Å². The van der Waals surface area contributed by atoms with E-state index in [-0.39, 0.29) is 16.7 Å². The number of carbonyl (C=O) groups is 1. The summed E-state index contributed by atoms with van der Waals surface area (Å²) in [6, 6.07) is 14.2. The summed E-state index contributed by atoms with van der Waals surface area (Å²) in [5.41, 5.74) is 2.74. The Morgan fingerprint density at radius 1 is 1.00 bits per heavy atom. The maximum absolute atomic E-state index is 12.4. The summed E-state index contributed by atoms with van der Waals surface area (Å²) in [5.74, 6) is -0.245. The molecule has 0 unspecified atom stereocenters. The van der Waals surface area contributed by atoms with Crippen LogP contribution in [0.15, 0.2) is 53.4 Å². The highest BCUT2D eigenvalue weighted by Gasteiger charge is 2.14. The lowest BCUT2D eigenvalue weighted by Crippen LogP contribution is -2.26. The minimum Gasteiger partial charge on any atom is -0.378 e. The van der Waals surface area contributed by atoms with E-state index in [2.05, 4.69) is 10.0 Å². The number of anilines is 2. The van der Waals surface area contributed by atoms with Crippen LogP contribution < -0.4 is 14.9 Å². The molecule has 2 aromatic rings. The Kier molecular flexibility index (Phi) is 6.98. The van der Waals surface area contributed by atoms with Gasteiger partial charge in [0.15, 0.2) is 0 Å². The molecule has 0 bridgehead atoms. The average molecular weight is 390 g/mol. The molecule has 0 aliphatic carbocycles. The zero-order valence-corrected chi connectivity index (χ0v) is 17.0. The second-order valence-electron chi connectivity index (χ2n) is 6.88. The molecule has 0 saturated heterocycles. The largest absolute Gasteiger partial charge is 0.378 e. The van der Waals surface area contributed by atoms with Crippen molar-refractivity contribution in [3.63, 3.8) is 0 Å². The molecule has 0 aliphatic rings. The standard InChI is InChI=1S/C20H27N3O3S/c1-15(2)20(24)22-17-7-11-19(12-8-17)27(25,26)21-14-13-16-5-9-18(10-6-16)23(3)4/h5-12,15,21H,13-14H2,1-4H3,(H,22,24). The van der Waals surface area contributed by atoms with Crippen molar-refractivity contribution in [2.45, 2.75) is 25.2 Å². The molecule has 2 N–H and O–H groups in total. The van der Waals surface area contributed by atoms with Crippen molar-refractivity contribution in [1.29, 1.82) is 0 Å². The first kappa shape index (κ1) is 20.9. The van der Waals surface area contributed by atoms with Crippen LogP contribution >= 0.6 is 0 Å². The van der Waals surface area contributed by atoms with E-state index in [1.54, 1.807) is 26.0 Å². The number of sulfonamides is 1. The summed E-state index contributed by atoms with van der Waals surface area (Å²) in [5, 5.41) is 2.74. The normalized spacial score (nSPS) is 11.4. The van der Waals surface area contributed by atoms with Crippen LogP contribution in [-0.2, 0) is 21.2 Å². The van der Waals surface area contributed by atoms with Gasteiger partial charge in [-0.2, -0.15) is 0 Å². The molecule has 0 aliphatic heterocycles. The van der Waals surface area contributed by atoms with E-state index >= 15 is 0 Å². The van der Waals surface area contributed by atoms with E-state index in [1.807, 2.05) is 43.3 Å². The van der Waals surface area contributed by atoms with Crippen molar-refractivity contribution >= 4 is 27.3 Å². The summed E-state index contributed by atoms with van der Waals surface area (Å²) in [4.78, 5) is 13.9. The molecular weight excluding hydrogens is 362 g/mol. The fourth-order valence-corrected chi connectivity index (χ4v) is 3.41. The van der Waals surface area contributed by atoms with Gasteiger partial charge in [0, 0.05) is 37.9 Å². The monoisotopic (exact) mass is 389 g/mol. The summed E-state index contributed by atoms with van der Waals surface area (Å²) >= 11 is 0. The van der Waals surface area contributed by atoms with Crippen molar-refractivity contribution in [2.75, 3.05) is 30.9 Å². The Hall–Kier alpha value is -2.38. The Labute approximate surface area is 161 Å². The predicted molar refractivity (Wildman–Crippen MR) is 110 cm³/mol. The average Bonchev–Trinajstić information content (AvgIpc) is 2.62. The fourth-order valence-electron chi connectivity index (χ4n) is 2.38. The maximum atomic E-state index is 12.4. The van der Waals surface area contributed by atoms with Gasteiger partial charge in [-0.3, -0.25) is 4.79 Å². The minimum atomic E-state index is -3.58. The molecule has 0 atom stereocenters. The van der Waals surface area contributed by atoms with Gasteiger partial charge in [0.2, 0.25) is 15.9 Å². The van der Waals surface area contributed by atoms with Gasteiger partial charge >= 0.3 is 0 Å². The first-order valence-electron chi connectivity index (χ1n) is 8.86. The molecule has 27 heavy (non-hydrogen) atoms. The van der Waals surface area contributed by atoms with Crippen molar-refractivity contribution in [3.05, 3.63) is 54.1 Å². The number of rotatable bonds is 8. The molecule has 0 aromatic heterocycles. The molecule has 7 heteroatoms. The second-order valence-corrected chi connectivity index (χ2v) is 8.64. The minimum absolute atomic E-state index is 0.107. The maximum Gasteiger partial charge on any atom is 0.240 e. The van der Waals surface area contributed by atoms with Crippen molar-refractivity contribution in [2.24, 2.45) is 5.92 Å². The van der Waals surface area contributed by atoms with Gasteiger partial charge in [0.25, 0.3) is 0 Å². The SMILES string of the molecule is CC(C)C(=O)Nc1ccc(S(=O)(=O)NCCc2ccc(N(C)C)cc2)cc1. The zero-order chi connectivity index (χ0) is 20.0. The molecule has 2 aromatic carbocycles. The first-order valence-corrected chi connectivity index (χ1v) is 10.3. The number of nitrogens with zero attached hydrogens (tertiary/aromatic N) is 1. The van der Waals surface area contributed by atoms with Crippen molar-refractivity contribution in [3.8, 4) is 0 Å². The van der Waals surface area contributed by atoms with Crippen LogP contribution in [0.1, 0.15) is 19.4 Å². The zero-order valence-electron chi connectivity index (χ0n) is 16.2. The highest BCUT2D eigenvalue weighted by Crippen LogP contribution is 2.15. The Morgan fingerprint density at radius 2 is 1.59 bits per heavy atom. The van der Waals surface area contributed by atoms with Crippen molar-refractivity contribution in [1.82, 2.24) is 4.72 Å². The quantitative estimate of drug-likeness (QED) is 0.728.